The quantitative estimate of drug-likeness (QED) is 0.364. The second-order valence-electron chi connectivity index (χ2n) is 8.28. The first kappa shape index (κ1) is 23.2. The lowest BCUT2D eigenvalue weighted by molar-refractivity contribution is -0.139. The molecule has 1 unspecified atom stereocenters. The zero-order chi connectivity index (χ0) is 24.5. The van der Waals surface area contributed by atoms with Gasteiger partial charge in [-0.25, -0.2) is 4.79 Å². The van der Waals surface area contributed by atoms with E-state index in [1.54, 1.807) is 40.0 Å². The van der Waals surface area contributed by atoms with Gasteiger partial charge in [-0.2, -0.15) is 5.10 Å². The molecule has 1 N–H and O–H groups in total. The minimum absolute atomic E-state index is 0.0777. The molecule has 1 aromatic heterocycles. The van der Waals surface area contributed by atoms with Gasteiger partial charge in [-0.1, -0.05) is 59.6 Å². The zero-order valence-corrected chi connectivity index (χ0v) is 20.0. The highest BCUT2D eigenvalue weighted by atomic mass is 35.5. The van der Waals surface area contributed by atoms with Crippen molar-refractivity contribution < 1.29 is 19.4 Å². The van der Waals surface area contributed by atoms with Crippen LogP contribution in [0.4, 0.5) is 0 Å². The molecule has 0 radical (unpaired) electrons. The molecule has 0 saturated carbocycles. The Labute approximate surface area is 211 Å². The zero-order valence-electron chi connectivity index (χ0n) is 18.5. The normalized spacial score (nSPS) is 14.8. The van der Waals surface area contributed by atoms with E-state index in [9.17, 15) is 9.59 Å². The number of aryl methyl sites for hydroxylation is 1. The Balaban J connectivity index is 1.46. The first-order valence-electron chi connectivity index (χ1n) is 11.0. The smallest absolute Gasteiger partial charge is 0.341 e. The predicted molar refractivity (Wildman–Crippen MR) is 133 cm³/mol. The Morgan fingerprint density at radius 1 is 1.06 bits per heavy atom. The summed E-state index contributed by atoms with van der Waals surface area (Å²) < 4.78 is 7.31. The molecule has 7 nitrogen and oxygen atoms in total. The van der Waals surface area contributed by atoms with Crippen LogP contribution in [-0.2, 0) is 22.7 Å². The standard InChI is InChI=1S/C26H21Cl2N3O4/c27-18-8-9-22(35-15-24(33)34)20(12-18)26-19-6-2-1-4-17(19)14-30(26)23(32)10-11-31-25-16(13-29-31)5-3-7-21(25)28/h1-9,12-13,26H,10-11,14-15H2,(H,33,34). The Bertz CT molecular complexity index is 1440. The molecule has 3 aromatic carbocycles. The minimum atomic E-state index is -1.09. The summed E-state index contributed by atoms with van der Waals surface area (Å²) in [5.74, 6) is -0.789. The lowest BCUT2D eigenvalue weighted by Crippen LogP contribution is -2.31. The highest BCUT2D eigenvalue weighted by Crippen LogP contribution is 2.43. The molecule has 178 valence electrons. The maximum Gasteiger partial charge on any atom is 0.341 e. The molecule has 0 aliphatic carbocycles. The van der Waals surface area contributed by atoms with E-state index in [0.29, 0.717) is 34.4 Å². The van der Waals surface area contributed by atoms with Crippen molar-refractivity contribution in [2.75, 3.05) is 6.61 Å². The number of carboxylic acids is 1. The van der Waals surface area contributed by atoms with E-state index in [4.69, 9.17) is 33.0 Å². The maximum absolute atomic E-state index is 13.6. The van der Waals surface area contributed by atoms with Crippen LogP contribution in [-0.4, -0.2) is 38.3 Å². The summed E-state index contributed by atoms with van der Waals surface area (Å²) in [6.07, 6.45) is 1.94. The summed E-state index contributed by atoms with van der Waals surface area (Å²) in [6.45, 7) is 0.290. The van der Waals surface area contributed by atoms with E-state index in [2.05, 4.69) is 5.10 Å². The highest BCUT2D eigenvalue weighted by Gasteiger charge is 2.36. The topological polar surface area (TPSA) is 84.7 Å². The van der Waals surface area contributed by atoms with E-state index >= 15 is 0 Å². The third-order valence-corrected chi connectivity index (χ3v) is 6.63. The monoisotopic (exact) mass is 509 g/mol. The fraction of sp³-hybridized carbons (Fsp3) is 0.192. The average molecular weight is 510 g/mol. The predicted octanol–water partition coefficient (Wildman–Crippen LogP) is 5.33. The van der Waals surface area contributed by atoms with Gasteiger partial charge in [0, 0.05) is 28.9 Å². The fourth-order valence-corrected chi connectivity index (χ4v) is 5.03. The van der Waals surface area contributed by atoms with Crippen LogP contribution in [0.3, 0.4) is 0 Å². The number of carboxylic acid groups (broad SMARTS) is 1. The van der Waals surface area contributed by atoms with Crippen molar-refractivity contribution in [3.63, 3.8) is 0 Å². The number of carbonyl (C=O) groups is 2. The SMILES string of the molecule is O=C(O)COc1ccc(Cl)cc1C1c2ccccc2CN1C(=O)CCn1ncc2cccc(Cl)c21. The Hall–Kier alpha value is -3.55. The summed E-state index contributed by atoms with van der Waals surface area (Å²) in [7, 11) is 0. The van der Waals surface area contributed by atoms with Crippen LogP contribution in [0.15, 0.2) is 66.9 Å². The molecule has 1 aliphatic heterocycles. The number of aromatic nitrogens is 2. The molecule has 0 bridgehead atoms. The Morgan fingerprint density at radius 2 is 1.89 bits per heavy atom. The van der Waals surface area contributed by atoms with Gasteiger partial charge >= 0.3 is 5.97 Å². The first-order valence-corrected chi connectivity index (χ1v) is 11.8. The van der Waals surface area contributed by atoms with Gasteiger partial charge in [0.25, 0.3) is 0 Å². The highest BCUT2D eigenvalue weighted by molar-refractivity contribution is 6.35. The molecule has 5 rings (SSSR count). The van der Waals surface area contributed by atoms with E-state index in [1.165, 1.54) is 0 Å². The lowest BCUT2D eigenvalue weighted by atomic mass is 9.97. The second-order valence-corrected chi connectivity index (χ2v) is 9.13. The van der Waals surface area contributed by atoms with Crippen molar-refractivity contribution in [1.29, 1.82) is 0 Å². The molecule has 9 heteroatoms. The largest absolute Gasteiger partial charge is 0.482 e. The van der Waals surface area contributed by atoms with Crippen LogP contribution in [0.2, 0.25) is 10.0 Å². The molecule has 1 aliphatic rings. The number of amides is 1. The number of halogens is 2. The van der Waals surface area contributed by atoms with E-state index in [0.717, 1.165) is 22.0 Å². The number of nitrogens with zero attached hydrogens (tertiary/aromatic N) is 3. The van der Waals surface area contributed by atoms with Gasteiger partial charge in [-0.15, -0.1) is 0 Å². The molecule has 2 heterocycles. The van der Waals surface area contributed by atoms with Crippen molar-refractivity contribution in [3.8, 4) is 5.75 Å². The number of para-hydroxylation sites is 1. The average Bonchev–Trinajstić information content (AvgIpc) is 3.44. The number of fused-ring (bicyclic) bond motifs is 2. The minimum Gasteiger partial charge on any atom is -0.482 e. The molecule has 0 fully saturated rings. The van der Waals surface area contributed by atoms with Gasteiger partial charge in [0.05, 0.1) is 29.3 Å². The van der Waals surface area contributed by atoms with Gasteiger partial charge in [-0.05, 0) is 35.4 Å². The van der Waals surface area contributed by atoms with Gasteiger partial charge in [0.2, 0.25) is 5.91 Å². The number of ether oxygens (including phenoxy) is 1. The number of hydrogen-bond donors (Lipinski definition) is 1. The number of carbonyl (C=O) groups excluding carboxylic acids is 1. The molecule has 4 aromatic rings. The number of benzene rings is 3. The first-order chi connectivity index (χ1) is 16.9. The number of aliphatic carboxylic acids is 1. The van der Waals surface area contributed by atoms with Crippen LogP contribution < -0.4 is 4.74 Å². The summed E-state index contributed by atoms with van der Waals surface area (Å²) in [6, 6.07) is 17.9. The molecular formula is C26H21Cl2N3O4. The summed E-state index contributed by atoms with van der Waals surface area (Å²) >= 11 is 12.7. The molecule has 0 saturated heterocycles. The van der Waals surface area contributed by atoms with Gasteiger partial charge in [-0.3, -0.25) is 9.48 Å². The van der Waals surface area contributed by atoms with Gasteiger partial charge in [0.15, 0.2) is 6.61 Å². The molecule has 35 heavy (non-hydrogen) atoms. The lowest BCUT2D eigenvalue weighted by Gasteiger charge is -2.27. The van der Waals surface area contributed by atoms with Crippen LogP contribution in [0.25, 0.3) is 10.9 Å². The van der Waals surface area contributed by atoms with Crippen molar-refractivity contribution >= 4 is 46.0 Å². The fourth-order valence-electron chi connectivity index (χ4n) is 4.57. The van der Waals surface area contributed by atoms with Gasteiger partial charge < -0.3 is 14.7 Å². The second kappa shape index (κ2) is 9.60. The van der Waals surface area contributed by atoms with Crippen molar-refractivity contribution in [3.05, 3.63) is 93.6 Å². The molecule has 0 spiro atoms. The molecule has 1 amide bonds. The van der Waals surface area contributed by atoms with Crippen molar-refractivity contribution in [1.82, 2.24) is 14.7 Å². The van der Waals surface area contributed by atoms with E-state index in [-0.39, 0.29) is 12.3 Å². The number of hydrogen-bond acceptors (Lipinski definition) is 4. The van der Waals surface area contributed by atoms with E-state index < -0.39 is 18.6 Å². The Kier molecular flexibility index (Phi) is 6.36. The molecular weight excluding hydrogens is 489 g/mol. The van der Waals surface area contributed by atoms with Gasteiger partial charge in [0.1, 0.15) is 5.75 Å². The third-order valence-electron chi connectivity index (χ3n) is 6.09. The maximum atomic E-state index is 13.6. The number of rotatable bonds is 7. The van der Waals surface area contributed by atoms with Crippen LogP contribution >= 0.6 is 23.2 Å². The van der Waals surface area contributed by atoms with Crippen LogP contribution in [0.5, 0.6) is 5.75 Å². The summed E-state index contributed by atoms with van der Waals surface area (Å²) in [5.41, 5.74) is 3.41. The Morgan fingerprint density at radius 3 is 2.71 bits per heavy atom. The third kappa shape index (κ3) is 4.57. The summed E-state index contributed by atoms with van der Waals surface area (Å²) in [4.78, 5) is 26.5. The van der Waals surface area contributed by atoms with Crippen LogP contribution in [0.1, 0.15) is 29.2 Å². The van der Waals surface area contributed by atoms with Crippen molar-refractivity contribution in [2.24, 2.45) is 0 Å². The van der Waals surface area contributed by atoms with E-state index in [1.807, 2.05) is 36.4 Å². The van der Waals surface area contributed by atoms with Crippen LogP contribution in [0, 0.1) is 0 Å². The molecule has 1 atom stereocenters. The van der Waals surface area contributed by atoms with Crippen molar-refractivity contribution in [2.45, 2.75) is 25.6 Å². The summed E-state index contributed by atoms with van der Waals surface area (Å²) in [5, 5.41) is 15.5.